The lowest BCUT2D eigenvalue weighted by Gasteiger charge is -2.16. The Bertz CT molecular complexity index is 571. The first-order chi connectivity index (χ1) is 11.0. The largest absolute Gasteiger partial charge is 0.466 e. The number of esters is 2. The molecule has 7 nitrogen and oxygen atoms in total. The fourth-order valence-corrected chi connectivity index (χ4v) is 1.90. The average molecular weight is 322 g/mol. The van der Waals surface area contributed by atoms with Gasteiger partial charge in [-0.2, -0.15) is 0 Å². The number of aliphatic hydroxyl groups excluding tert-OH is 1. The van der Waals surface area contributed by atoms with Crippen LogP contribution in [0.15, 0.2) is 36.0 Å². The molecule has 0 spiro atoms. The Morgan fingerprint density at radius 2 is 2.04 bits per heavy atom. The Morgan fingerprint density at radius 3 is 2.65 bits per heavy atom. The Balaban J connectivity index is 2.90. The summed E-state index contributed by atoms with van der Waals surface area (Å²) in [6, 6.07) is 7.38. The van der Waals surface area contributed by atoms with Gasteiger partial charge in [0.05, 0.1) is 26.9 Å². The van der Waals surface area contributed by atoms with Crippen LogP contribution in [-0.4, -0.2) is 56.4 Å². The molecule has 0 heterocycles. The molecule has 0 amide bonds. The van der Waals surface area contributed by atoms with Gasteiger partial charge in [0.25, 0.3) is 0 Å². The summed E-state index contributed by atoms with van der Waals surface area (Å²) in [5.74, 6) is -1.32. The third-order valence-corrected chi connectivity index (χ3v) is 3.01. The van der Waals surface area contributed by atoms with Crippen LogP contribution in [0.25, 0.3) is 0 Å². The predicted octanol–water partition coefficient (Wildman–Crippen LogP) is 0.752. The van der Waals surface area contributed by atoms with Crippen LogP contribution in [0.5, 0.6) is 0 Å². The molecule has 1 rings (SSSR count). The molecule has 126 valence electrons. The SMILES string of the molecule is COC(=O)/C=C(/Nc1cccc(CN(C)CCO)c1)C(=O)OC. The Morgan fingerprint density at radius 1 is 1.30 bits per heavy atom. The fraction of sp³-hybridized carbons (Fsp3) is 0.375. The number of ether oxygens (including phenoxy) is 2. The minimum atomic E-state index is -0.668. The zero-order valence-corrected chi connectivity index (χ0v) is 13.5. The smallest absolute Gasteiger partial charge is 0.354 e. The van der Waals surface area contributed by atoms with E-state index in [9.17, 15) is 9.59 Å². The van der Waals surface area contributed by atoms with Crippen LogP contribution in [-0.2, 0) is 25.6 Å². The van der Waals surface area contributed by atoms with E-state index in [1.807, 2.05) is 30.1 Å². The van der Waals surface area contributed by atoms with Gasteiger partial charge >= 0.3 is 11.9 Å². The van der Waals surface area contributed by atoms with Crippen molar-refractivity contribution in [2.75, 3.05) is 39.7 Å². The van der Waals surface area contributed by atoms with Crippen LogP contribution in [0.1, 0.15) is 5.56 Å². The lowest BCUT2D eigenvalue weighted by Crippen LogP contribution is -2.21. The standard InChI is InChI=1S/C16H22N2O5/c1-18(7-8-19)11-12-5-4-6-13(9-12)17-14(16(21)23-3)10-15(20)22-2/h4-6,9-10,17,19H,7-8,11H2,1-3H3/b14-10+. The minimum absolute atomic E-state index is 0.0137. The number of likely N-dealkylation sites (N-methyl/N-ethyl adjacent to an activating group) is 1. The van der Waals surface area contributed by atoms with Crippen LogP contribution >= 0.6 is 0 Å². The van der Waals surface area contributed by atoms with E-state index < -0.39 is 11.9 Å². The lowest BCUT2D eigenvalue weighted by molar-refractivity contribution is -0.138. The van der Waals surface area contributed by atoms with Crippen LogP contribution in [0.2, 0.25) is 0 Å². The molecule has 0 aliphatic carbocycles. The minimum Gasteiger partial charge on any atom is -0.466 e. The van der Waals surface area contributed by atoms with E-state index in [0.717, 1.165) is 11.6 Å². The van der Waals surface area contributed by atoms with Gasteiger partial charge in [0, 0.05) is 18.8 Å². The summed E-state index contributed by atoms with van der Waals surface area (Å²) in [6.45, 7) is 1.29. The van der Waals surface area contributed by atoms with Gasteiger partial charge in [-0.25, -0.2) is 9.59 Å². The number of carbonyl (C=O) groups is 2. The van der Waals surface area contributed by atoms with Gasteiger partial charge in [0.2, 0.25) is 0 Å². The van der Waals surface area contributed by atoms with Crippen molar-refractivity contribution in [1.29, 1.82) is 0 Å². The van der Waals surface area contributed by atoms with E-state index in [4.69, 9.17) is 5.11 Å². The number of carbonyl (C=O) groups excluding carboxylic acids is 2. The van der Waals surface area contributed by atoms with Gasteiger partial charge in [-0.15, -0.1) is 0 Å². The van der Waals surface area contributed by atoms with Crippen molar-refractivity contribution in [2.45, 2.75) is 6.54 Å². The molecule has 0 saturated carbocycles. The number of nitrogens with one attached hydrogen (secondary N) is 1. The van der Waals surface area contributed by atoms with E-state index >= 15 is 0 Å². The van der Waals surface area contributed by atoms with Crippen molar-refractivity contribution in [2.24, 2.45) is 0 Å². The molecule has 0 aromatic heterocycles. The first kappa shape index (κ1) is 18.7. The molecule has 7 heteroatoms. The number of hydrogen-bond donors (Lipinski definition) is 2. The summed E-state index contributed by atoms with van der Waals surface area (Å²) in [5, 5.41) is 11.8. The highest BCUT2D eigenvalue weighted by Crippen LogP contribution is 2.15. The van der Waals surface area contributed by atoms with Crippen LogP contribution in [0, 0.1) is 0 Å². The highest BCUT2D eigenvalue weighted by Gasteiger charge is 2.13. The maximum atomic E-state index is 11.7. The predicted molar refractivity (Wildman–Crippen MR) is 85.6 cm³/mol. The number of aliphatic hydroxyl groups is 1. The zero-order valence-electron chi connectivity index (χ0n) is 13.5. The number of anilines is 1. The van der Waals surface area contributed by atoms with Gasteiger partial charge in [0.1, 0.15) is 5.70 Å². The first-order valence-corrected chi connectivity index (χ1v) is 7.03. The summed E-state index contributed by atoms with van der Waals surface area (Å²) in [6.07, 6.45) is 1.04. The van der Waals surface area contributed by atoms with Crippen LogP contribution in [0.3, 0.4) is 0 Å². The Kier molecular flexibility index (Phi) is 7.79. The molecule has 0 saturated heterocycles. The maximum Gasteiger partial charge on any atom is 0.354 e. The molecule has 0 aliphatic rings. The van der Waals surface area contributed by atoms with Crippen molar-refractivity contribution in [1.82, 2.24) is 4.90 Å². The number of nitrogens with zero attached hydrogens (tertiary/aromatic N) is 1. The van der Waals surface area contributed by atoms with Gasteiger partial charge < -0.3 is 19.9 Å². The quantitative estimate of drug-likeness (QED) is 0.539. The summed E-state index contributed by atoms with van der Waals surface area (Å²) >= 11 is 0. The summed E-state index contributed by atoms with van der Waals surface area (Å²) < 4.78 is 9.17. The molecule has 1 aromatic carbocycles. The van der Waals surface area contributed by atoms with Crippen molar-refractivity contribution in [3.8, 4) is 0 Å². The monoisotopic (exact) mass is 322 g/mol. The molecule has 0 unspecified atom stereocenters. The third kappa shape index (κ3) is 6.50. The molecule has 0 radical (unpaired) electrons. The molecule has 2 N–H and O–H groups in total. The molecular weight excluding hydrogens is 300 g/mol. The highest BCUT2D eigenvalue weighted by atomic mass is 16.5. The molecular formula is C16H22N2O5. The molecule has 0 atom stereocenters. The second kappa shape index (κ2) is 9.60. The number of benzene rings is 1. The summed E-state index contributed by atoms with van der Waals surface area (Å²) in [4.78, 5) is 25.0. The summed E-state index contributed by atoms with van der Waals surface area (Å²) in [7, 11) is 4.36. The van der Waals surface area contributed by atoms with E-state index in [0.29, 0.717) is 18.8 Å². The maximum absolute atomic E-state index is 11.7. The van der Waals surface area contributed by atoms with E-state index in [1.54, 1.807) is 6.07 Å². The molecule has 0 fully saturated rings. The van der Waals surface area contributed by atoms with Crippen LogP contribution < -0.4 is 5.32 Å². The zero-order chi connectivity index (χ0) is 17.2. The average Bonchev–Trinajstić information content (AvgIpc) is 2.53. The Labute approximate surface area is 135 Å². The number of hydrogen-bond acceptors (Lipinski definition) is 7. The van der Waals surface area contributed by atoms with E-state index in [2.05, 4.69) is 14.8 Å². The van der Waals surface area contributed by atoms with Gasteiger partial charge in [-0.1, -0.05) is 12.1 Å². The topological polar surface area (TPSA) is 88.1 Å². The van der Waals surface area contributed by atoms with E-state index in [1.165, 1.54) is 14.2 Å². The van der Waals surface area contributed by atoms with E-state index in [-0.39, 0.29) is 12.3 Å². The molecule has 23 heavy (non-hydrogen) atoms. The van der Waals surface area contributed by atoms with Gasteiger partial charge in [-0.05, 0) is 24.7 Å². The number of rotatable bonds is 8. The van der Waals surface area contributed by atoms with Gasteiger partial charge in [0.15, 0.2) is 0 Å². The van der Waals surface area contributed by atoms with Crippen molar-refractivity contribution >= 4 is 17.6 Å². The second-order valence-corrected chi connectivity index (χ2v) is 4.86. The lowest BCUT2D eigenvalue weighted by atomic mass is 10.2. The Hall–Kier alpha value is -2.38. The molecule has 0 bridgehead atoms. The number of methoxy groups -OCH3 is 2. The summed E-state index contributed by atoms with van der Waals surface area (Å²) in [5.41, 5.74) is 1.62. The normalized spacial score (nSPS) is 11.3. The first-order valence-electron chi connectivity index (χ1n) is 7.03. The fourth-order valence-electron chi connectivity index (χ4n) is 1.90. The van der Waals surface area contributed by atoms with Crippen LogP contribution in [0.4, 0.5) is 5.69 Å². The third-order valence-electron chi connectivity index (χ3n) is 3.01. The molecule has 1 aromatic rings. The second-order valence-electron chi connectivity index (χ2n) is 4.86. The highest BCUT2D eigenvalue weighted by molar-refractivity contribution is 5.98. The van der Waals surface area contributed by atoms with Gasteiger partial charge in [-0.3, -0.25) is 4.90 Å². The van der Waals surface area contributed by atoms with Crippen molar-refractivity contribution in [3.63, 3.8) is 0 Å². The van der Waals surface area contributed by atoms with Crippen molar-refractivity contribution in [3.05, 3.63) is 41.6 Å². The molecule has 0 aliphatic heterocycles. The van der Waals surface area contributed by atoms with Crippen molar-refractivity contribution < 1.29 is 24.2 Å².